The van der Waals surface area contributed by atoms with E-state index in [0.717, 1.165) is 9.87 Å². The standard InChI is InChI=1S/C22H19ClFN3O3S/c23-19-8-12-21(13-9-19)31(29,30)27(15-18-6-10-20(24)11-7-18)16-22(28)26-25-14-17-4-2-1-3-5-17/h1-14H,15-16H2,(H,26,28)/b25-14-. The van der Waals surface area contributed by atoms with Gasteiger partial charge in [0.1, 0.15) is 5.82 Å². The number of nitrogens with zero attached hydrogens (tertiary/aromatic N) is 2. The molecule has 3 aromatic carbocycles. The Morgan fingerprint density at radius 3 is 2.29 bits per heavy atom. The summed E-state index contributed by atoms with van der Waals surface area (Å²) in [6, 6.07) is 20.1. The van der Waals surface area contributed by atoms with Crippen molar-refractivity contribution in [2.45, 2.75) is 11.4 Å². The minimum absolute atomic E-state index is 0.0143. The monoisotopic (exact) mass is 459 g/mol. The van der Waals surface area contributed by atoms with Crippen LogP contribution in [-0.2, 0) is 21.4 Å². The molecule has 3 rings (SSSR count). The lowest BCUT2D eigenvalue weighted by Crippen LogP contribution is -2.39. The number of hydrazone groups is 1. The van der Waals surface area contributed by atoms with Crippen molar-refractivity contribution >= 4 is 33.7 Å². The van der Waals surface area contributed by atoms with Gasteiger partial charge in [-0.05, 0) is 47.5 Å². The molecule has 31 heavy (non-hydrogen) atoms. The SMILES string of the molecule is O=C(CN(Cc1ccc(F)cc1)S(=O)(=O)c1ccc(Cl)cc1)N/N=C\c1ccccc1. The highest BCUT2D eigenvalue weighted by Crippen LogP contribution is 2.20. The van der Waals surface area contributed by atoms with E-state index in [0.29, 0.717) is 10.6 Å². The van der Waals surface area contributed by atoms with Crippen LogP contribution in [0.1, 0.15) is 11.1 Å². The summed E-state index contributed by atoms with van der Waals surface area (Å²) in [6.45, 7) is -0.602. The van der Waals surface area contributed by atoms with Gasteiger partial charge in [0.25, 0.3) is 5.91 Å². The van der Waals surface area contributed by atoms with Crippen LogP contribution < -0.4 is 5.43 Å². The van der Waals surface area contributed by atoms with Gasteiger partial charge < -0.3 is 0 Å². The first-order chi connectivity index (χ1) is 14.8. The molecule has 9 heteroatoms. The molecule has 6 nitrogen and oxygen atoms in total. The Balaban J connectivity index is 1.79. The van der Waals surface area contributed by atoms with Gasteiger partial charge in [0, 0.05) is 11.6 Å². The molecule has 1 N–H and O–H groups in total. The Hall–Kier alpha value is -3.07. The fraction of sp³-hybridized carbons (Fsp3) is 0.0909. The summed E-state index contributed by atoms with van der Waals surface area (Å²) >= 11 is 5.85. The van der Waals surface area contributed by atoms with E-state index in [4.69, 9.17) is 11.6 Å². The van der Waals surface area contributed by atoms with Crippen LogP contribution in [0.25, 0.3) is 0 Å². The summed E-state index contributed by atoms with van der Waals surface area (Å²) in [5.74, 6) is -1.06. The van der Waals surface area contributed by atoms with E-state index in [2.05, 4.69) is 10.5 Å². The highest BCUT2D eigenvalue weighted by molar-refractivity contribution is 7.89. The molecule has 0 unspecified atom stereocenters. The van der Waals surface area contributed by atoms with Crippen molar-refractivity contribution < 1.29 is 17.6 Å². The maximum absolute atomic E-state index is 13.2. The van der Waals surface area contributed by atoms with E-state index in [1.807, 2.05) is 30.3 Å². The maximum Gasteiger partial charge on any atom is 0.255 e. The molecule has 0 aliphatic rings. The molecule has 0 saturated heterocycles. The topological polar surface area (TPSA) is 78.8 Å². The molecule has 0 fully saturated rings. The van der Waals surface area contributed by atoms with Crippen LogP contribution in [0.4, 0.5) is 4.39 Å². The second-order valence-corrected chi connectivity index (χ2v) is 8.93. The predicted molar refractivity (Wildman–Crippen MR) is 118 cm³/mol. The smallest absolute Gasteiger partial charge is 0.255 e. The van der Waals surface area contributed by atoms with E-state index in [9.17, 15) is 17.6 Å². The Morgan fingerprint density at radius 1 is 1.00 bits per heavy atom. The van der Waals surface area contributed by atoms with Gasteiger partial charge in [-0.15, -0.1) is 0 Å². The molecular formula is C22H19ClFN3O3S. The lowest BCUT2D eigenvalue weighted by molar-refractivity contribution is -0.121. The number of amides is 1. The summed E-state index contributed by atoms with van der Waals surface area (Å²) in [6.07, 6.45) is 1.45. The molecule has 0 aliphatic carbocycles. The number of rotatable bonds is 8. The predicted octanol–water partition coefficient (Wildman–Crippen LogP) is 3.82. The van der Waals surface area contributed by atoms with E-state index in [-0.39, 0.29) is 11.4 Å². The van der Waals surface area contributed by atoms with Crippen molar-refractivity contribution in [3.05, 3.63) is 101 Å². The molecule has 0 saturated carbocycles. The van der Waals surface area contributed by atoms with Gasteiger partial charge in [-0.3, -0.25) is 4.79 Å². The van der Waals surface area contributed by atoms with Crippen molar-refractivity contribution in [3.63, 3.8) is 0 Å². The Morgan fingerprint density at radius 2 is 1.65 bits per heavy atom. The highest BCUT2D eigenvalue weighted by atomic mass is 35.5. The van der Waals surface area contributed by atoms with Crippen molar-refractivity contribution in [2.75, 3.05) is 6.54 Å². The van der Waals surface area contributed by atoms with Gasteiger partial charge in [-0.25, -0.2) is 18.2 Å². The molecule has 0 heterocycles. The van der Waals surface area contributed by atoms with Crippen molar-refractivity contribution in [3.8, 4) is 0 Å². The van der Waals surface area contributed by atoms with Crippen LogP contribution in [0.3, 0.4) is 0 Å². The molecule has 0 atom stereocenters. The number of sulfonamides is 1. The van der Waals surface area contributed by atoms with E-state index in [1.165, 1.54) is 54.7 Å². The number of halogens is 2. The van der Waals surface area contributed by atoms with E-state index >= 15 is 0 Å². The largest absolute Gasteiger partial charge is 0.272 e. The summed E-state index contributed by atoms with van der Waals surface area (Å²) in [5, 5.41) is 4.25. The molecule has 1 amide bonds. The number of hydrogen-bond donors (Lipinski definition) is 1. The number of benzene rings is 3. The lowest BCUT2D eigenvalue weighted by Gasteiger charge is -2.21. The zero-order valence-corrected chi connectivity index (χ0v) is 17.9. The summed E-state index contributed by atoms with van der Waals surface area (Å²) in [7, 11) is -4.03. The molecule has 160 valence electrons. The quantitative estimate of drug-likeness (QED) is 0.411. The molecular weight excluding hydrogens is 441 g/mol. The minimum atomic E-state index is -4.03. The first-order valence-corrected chi connectivity index (χ1v) is 11.0. The molecule has 0 spiro atoms. The van der Waals surface area contributed by atoms with Gasteiger partial charge in [0.2, 0.25) is 10.0 Å². The molecule has 0 bridgehead atoms. The average Bonchev–Trinajstić information content (AvgIpc) is 2.76. The van der Waals surface area contributed by atoms with Crippen LogP contribution in [-0.4, -0.2) is 31.4 Å². The number of nitrogens with one attached hydrogen (secondary N) is 1. The third kappa shape index (κ3) is 6.45. The average molecular weight is 460 g/mol. The van der Waals surface area contributed by atoms with Gasteiger partial charge in [0.15, 0.2) is 0 Å². The third-order valence-corrected chi connectivity index (χ3v) is 6.30. The number of carbonyl (C=O) groups is 1. The zero-order valence-electron chi connectivity index (χ0n) is 16.3. The fourth-order valence-electron chi connectivity index (χ4n) is 2.69. The molecule has 0 aliphatic heterocycles. The van der Waals surface area contributed by atoms with Crippen LogP contribution in [0.15, 0.2) is 88.9 Å². The van der Waals surface area contributed by atoms with E-state index in [1.54, 1.807) is 0 Å². The summed E-state index contributed by atoms with van der Waals surface area (Å²) in [4.78, 5) is 12.4. The second kappa shape index (κ2) is 10.3. The first kappa shape index (κ1) is 22.6. The summed E-state index contributed by atoms with van der Waals surface area (Å²) in [5.41, 5.74) is 3.64. The minimum Gasteiger partial charge on any atom is -0.272 e. The van der Waals surface area contributed by atoms with Crippen LogP contribution in [0.5, 0.6) is 0 Å². The Kier molecular flexibility index (Phi) is 7.51. The number of carbonyl (C=O) groups excluding carboxylic acids is 1. The normalized spacial score (nSPS) is 11.7. The van der Waals surface area contributed by atoms with E-state index < -0.39 is 28.3 Å². The summed E-state index contributed by atoms with van der Waals surface area (Å²) < 4.78 is 40.5. The van der Waals surface area contributed by atoms with Crippen LogP contribution >= 0.6 is 11.6 Å². The Bertz CT molecular complexity index is 1150. The second-order valence-electron chi connectivity index (χ2n) is 6.56. The molecule has 3 aromatic rings. The van der Waals surface area contributed by atoms with Gasteiger partial charge >= 0.3 is 0 Å². The van der Waals surface area contributed by atoms with Gasteiger partial charge in [-0.1, -0.05) is 54.1 Å². The number of hydrogen-bond acceptors (Lipinski definition) is 4. The van der Waals surface area contributed by atoms with Crippen LogP contribution in [0, 0.1) is 5.82 Å². The third-order valence-electron chi connectivity index (χ3n) is 4.25. The Labute approximate surface area is 185 Å². The first-order valence-electron chi connectivity index (χ1n) is 9.22. The maximum atomic E-state index is 13.2. The zero-order chi connectivity index (χ0) is 22.3. The lowest BCUT2D eigenvalue weighted by atomic mass is 10.2. The van der Waals surface area contributed by atoms with Crippen molar-refractivity contribution in [2.24, 2.45) is 5.10 Å². The van der Waals surface area contributed by atoms with Gasteiger partial charge in [0.05, 0.1) is 17.7 Å². The molecule has 0 radical (unpaired) electrons. The highest BCUT2D eigenvalue weighted by Gasteiger charge is 2.27. The fourth-order valence-corrected chi connectivity index (χ4v) is 4.20. The van der Waals surface area contributed by atoms with Crippen LogP contribution in [0.2, 0.25) is 5.02 Å². The van der Waals surface area contributed by atoms with Crippen molar-refractivity contribution in [1.29, 1.82) is 0 Å². The molecule has 0 aromatic heterocycles. The van der Waals surface area contributed by atoms with Gasteiger partial charge in [-0.2, -0.15) is 9.41 Å². The van der Waals surface area contributed by atoms with Crippen molar-refractivity contribution in [1.82, 2.24) is 9.73 Å².